The molecule has 1 saturated heterocycles. The van der Waals surface area contributed by atoms with Gasteiger partial charge in [-0.05, 0) is 54.8 Å². The molecule has 33 heavy (non-hydrogen) atoms. The lowest BCUT2D eigenvalue weighted by molar-refractivity contribution is -0.137. The molecule has 0 spiro atoms. The lowest BCUT2D eigenvalue weighted by atomic mass is 9.82. The molecule has 6 heteroatoms. The highest BCUT2D eigenvalue weighted by Crippen LogP contribution is 2.41. The van der Waals surface area contributed by atoms with E-state index >= 15 is 0 Å². The van der Waals surface area contributed by atoms with Crippen molar-refractivity contribution in [3.63, 3.8) is 0 Å². The minimum Gasteiger partial charge on any atom is -0.497 e. The first-order valence-electron chi connectivity index (χ1n) is 11.1. The third kappa shape index (κ3) is 4.90. The minimum atomic E-state index is -0.399. The number of rotatable bonds is 6. The molecule has 0 bridgehead atoms. The number of amides is 2. The third-order valence-electron chi connectivity index (χ3n) is 6.20. The van der Waals surface area contributed by atoms with Gasteiger partial charge in [-0.1, -0.05) is 35.9 Å². The zero-order valence-corrected chi connectivity index (χ0v) is 19.3. The van der Waals surface area contributed by atoms with Crippen molar-refractivity contribution >= 4 is 17.5 Å². The molecule has 0 N–H and O–H groups in total. The summed E-state index contributed by atoms with van der Waals surface area (Å²) in [5.41, 5.74) is 3.81. The number of pyridine rings is 1. The van der Waals surface area contributed by atoms with Crippen LogP contribution in [0, 0.1) is 12.8 Å². The number of benzene rings is 2. The molecule has 1 aliphatic heterocycles. The van der Waals surface area contributed by atoms with Crippen LogP contribution < -0.4 is 9.64 Å². The molecule has 2 unspecified atom stereocenters. The number of aromatic nitrogens is 1. The smallest absolute Gasteiger partial charge is 0.228 e. The maximum absolute atomic E-state index is 13.7. The first-order valence-corrected chi connectivity index (χ1v) is 11.1. The number of methoxy groups -OCH3 is 1. The normalized spacial score (nSPS) is 18.2. The Bertz CT molecular complexity index is 1100. The summed E-state index contributed by atoms with van der Waals surface area (Å²) < 4.78 is 5.32. The lowest BCUT2D eigenvalue weighted by Crippen LogP contribution is -2.48. The number of nitrogens with zero attached hydrogens (tertiary/aromatic N) is 3. The third-order valence-corrected chi connectivity index (χ3v) is 6.20. The highest BCUT2D eigenvalue weighted by Gasteiger charge is 2.42. The Balaban J connectivity index is 1.71. The highest BCUT2D eigenvalue weighted by molar-refractivity contribution is 5.97. The Kier molecular flexibility index (Phi) is 6.73. The van der Waals surface area contributed by atoms with Gasteiger partial charge in [-0.25, -0.2) is 0 Å². The van der Waals surface area contributed by atoms with Crippen molar-refractivity contribution in [1.29, 1.82) is 0 Å². The molecular weight excluding hydrogens is 414 g/mol. The molecule has 1 fully saturated rings. The number of hydrogen-bond acceptors (Lipinski definition) is 4. The number of aryl methyl sites for hydroxylation is 1. The average Bonchev–Trinajstić information content (AvgIpc) is 2.85. The molecule has 6 nitrogen and oxygen atoms in total. The molecule has 1 aromatic heterocycles. The molecule has 2 atom stereocenters. The Labute approximate surface area is 194 Å². The van der Waals surface area contributed by atoms with Crippen LogP contribution in [0.2, 0.25) is 0 Å². The zero-order valence-electron chi connectivity index (χ0n) is 19.3. The van der Waals surface area contributed by atoms with Gasteiger partial charge >= 0.3 is 0 Å². The fraction of sp³-hybridized carbons (Fsp3) is 0.296. The molecule has 0 radical (unpaired) electrons. The second kappa shape index (κ2) is 9.86. The number of carbonyl (C=O) groups excluding carboxylic acids is 2. The van der Waals surface area contributed by atoms with E-state index in [1.54, 1.807) is 29.3 Å². The Hall–Kier alpha value is -3.67. The van der Waals surface area contributed by atoms with Gasteiger partial charge in [0.2, 0.25) is 11.8 Å². The molecule has 0 saturated carbocycles. The fourth-order valence-electron chi connectivity index (χ4n) is 4.47. The predicted molar refractivity (Wildman–Crippen MR) is 128 cm³/mol. The van der Waals surface area contributed by atoms with Crippen molar-refractivity contribution in [2.45, 2.75) is 32.4 Å². The molecular formula is C27H29N3O3. The van der Waals surface area contributed by atoms with Crippen LogP contribution >= 0.6 is 0 Å². The van der Waals surface area contributed by atoms with Gasteiger partial charge in [-0.15, -0.1) is 0 Å². The van der Waals surface area contributed by atoms with Crippen LogP contribution in [0.3, 0.4) is 0 Å². The summed E-state index contributed by atoms with van der Waals surface area (Å²) in [5, 5.41) is 0. The topological polar surface area (TPSA) is 62.7 Å². The summed E-state index contributed by atoms with van der Waals surface area (Å²) in [6.07, 6.45) is 4.33. The molecule has 0 aliphatic carbocycles. The maximum Gasteiger partial charge on any atom is 0.228 e. The molecule has 2 heterocycles. The Morgan fingerprint density at radius 3 is 2.48 bits per heavy atom. The summed E-state index contributed by atoms with van der Waals surface area (Å²) in [7, 11) is 3.44. The van der Waals surface area contributed by atoms with Gasteiger partial charge in [-0.3, -0.25) is 14.6 Å². The second-order valence-corrected chi connectivity index (χ2v) is 8.52. The van der Waals surface area contributed by atoms with E-state index in [1.165, 1.54) is 0 Å². The molecule has 2 amide bonds. The quantitative estimate of drug-likeness (QED) is 0.561. The maximum atomic E-state index is 13.7. The van der Waals surface area contributed by atoms with Gasteiger partial charge in [0.05, 0.1) is 19.1 Å². The van der Waals surface area contributed by atoms with E-state index in [9.17, 15) is 9.59 Å². The summed E-state index contributed by atoms with van der Waals surface area (Å²) in [4.78, 5) is 34.6. The lowest BCUT2D eigenvalue weighted by Gasteiger charge is -2.42. The van der Waals surface area contributed by atoms with Crippen LogP contribution in [0.4, 0.5) is 5.69 Å². The number of carbonyl (C=O) groups is 2. The van der Waals surface area contributed by atoms with Crippen molar-refractivity contribution in [2.24, 2.45) is 5.92 Å². The summed E-state index contributed by atoms with van der Waals surface area (Å²) in [6, 6.07) is 19.0. The van der Waals surface area contributed by atoms with E-state index < -0.39 is 6.04 Å². The van der Waals surface area contributed by atoms with Gasteiger partial charge in [-0.2, -0.15) is 0 Å². The van der Waals surface area contributed by atoms with E-state index in [-0.39, 0.29) is 17.7 Å². The summed E-state index contributed by atoms with van der Waals surface area (Å²) in [6.45, 7) is 2.49. The van der Waals surface area contributed by atoms with E-state index in [1.807, 2.05) is 74.6 Å². The SMILES string of the molecule is COc1ccc(C2C(C(=O)N(C)Cc3cccnc3)CCC(=O)N2c2ccc(C)cc2)cc1. The molecule has 4 rings (SSSR count). The van der Waals surface area contributed by atoms with E-state index in [0.29, 0.717) is 19.4 Å². The zero-order chi connectivity index (χ0) is 23.4. The van der Waals surface area contributed by atoms with Gasteiger partial charge in [0.15, 0.2) is 0 Å². The minimum absolute atomic E-state index is 0.0179. The van der Waals surface area contributed by atoms with E-state index in [0.717, 1.165) is 28.1 Å². The van der Waals surface area contributed by atoms with Crippen LogP contribution in [-0.2, 0) is 16.1 Å². The van der Waals surface area contributed by atoms with Gasteiger partial charge in [0.1, 0.15) is 5.75 Å². The number of ether oxygens (including phenoxy) is 1. The molecule has 1 aliphatic rings. The first kappa shape index (κ1) is 22.5. The van der Waals surface area contributed by atoms with Crippen LogP contribution in [0.25, 0.3) is 0 Å². The monoisotopic (exact) mass is 443 g/mol. The average molecular weight is 444 g/mol. The van der Waals surface area contributed by atoms with Crippen molar-refractivity contribution in [2.75, 3.05) is 19.1 Å². The van der Waals surface area contributed by atoms with Crippen molar-refractivity contribution in [3.8, 4) is 5.75 Å². The number of piperidine rings is 1. The number of anilines is 1. The van der Waals surface area contributed by atoms with Gasteiger partial charge in [0.25, 0.3) is 0 Å². The molecule has 2 aromatic carbocycles. The summed E-state index contributed by atoms with van der Waals surface area (Å²) in [5.74, 6) is 0.418. The summed E-state index contributed by atoms with van der Waals surface area (Å²) >= 11 is 0. The van der Waals surface area contributed by atoms with E-state index in [2.05, 4.69) is 4.98 Å². The highest BCUT2D eigenvalue weighted by atomic mass is 16.5. The predicted octanol–water partition coefficient (Wildman–Crippen LogP) is 4.54. The number of hydrogen-bond donors (Lipinski definition) is 0. The second-order valence-electron chi connectivity index (χ2n) is 8.52. The van der Waals surface area contributed by atoms with Crippen molar-refractivity contribution in [3.05, 3.63) is 89.7 Å². The van der Waals surface area contributed by atoms with Crippen LogP contribution in [0.5, 0.6) is 5.75 Å². The van der Waals surface area contributed by atoms with E-state index in [4.69, 9.17) is 4.74 Å². The van der Waals surface area contributed by atoms with Crippen molar-refractivity contribution in [1.82, 2.24) is 9.88 Å². The van der Waals surface area contributed by atoms with Gasteiger partial charge in [0, 0.05) is 38.1 Å². The first-order chi connectivity index (χ1) is 16.0. The molecule has 170 valence electrons. The molecule has 3 aromatic rings. The van der Waals surface area contributed by atoms with Crippen LogP contribution in [0.1, 0.15) is 35.6 Å². The van der Waals surface area contributed by atoms with Crippen molar-refractivity contribution < 1.29 is 14.3 Å². The van der Waals surface area contributed by atoms with Crippen LogP contribution in [-0.4, -0.2) is 35.9 Å². The Morgan fingerprint density at radius 1 is 1.12 bits per heavy atom. The standard InChI is InChI=1S/C27H29N3O3/c1-19-6-10-22(11-7-19)30-25(31)15-14-24(26(30)21-8-12-23(33-3)13-9-21)27(32)29(2)18-20-5-4-16-28-17-20/h4-13,16-17,24,26H,14-15,18H2,1-3H3. The largest absolute Gasteiger partial charge is 0.497 e. The van der Waals surface area contributed by atoms with Gasteiger partial charge < -0.3 is 14.5 Å². The fourth-order valence-corrected chi connectivity index (χ4v) is 4.47. The Morgan fingerprint density at radius 2 is 1.85 bits per heavy atom. The van der Waals surface area contributed by atoms with Crippen LogP contribution in [0.15, 0.2) is 73.1 Å².